The number of aliphatic hydroxyl groups is 3. The van der Waals surface area contributed by atoms with Crippen LogP contribution in [0.15, 0.2) is 11.6 Å². The van der Waals surface area contributed by atoms with E-state index < -0.39 is 17.1 Å². The highest BCUT2D eigenvalue weighted by molar-refractivity contribution is 5.66. The lowest BCUT2D eigenvalue weighted by Gasteiger charge is -2.64. The van der Waals surface area contributed by atoms with Crippen molar-refractivity contribution in [2.24, 2.45) is 28.1 Å². The van der Waals surface area contributed by atoms with E-state index in [4.69, 9.17) is 4.74 Å². The summed E-state index contributed by atoms with van der Waals surface area (Å²) in [4.78, 5) is 11.3. The Morgan fingerprint density at radius 2 is 2.04 bits per heavy atom. The summed E-state index contributed by atoms with van der Waals surface area (Å²) in [6, 6.07) is 0. The fourth-order valence-electron chi connectivity index (χ4n) is 7.42. The minimum absolute atomic E-state index is 0.00743. The quantitative estimate of drug-likeness (QED) is 0.519. The lowest BCUT2D eigenvalue weighted by atomic mass is 9.41. The summed E-state index contributed by atoms with van der Waals surface area (Å²) in [6.07, 6.45) is 7.77. The van der Waals surface area contributed by atoms with Gasteiger partial charge in [0, 0.05) is 12.3 Å². The molecule has 1 spiro atoms. The van der Waals surface area contributed by atoms with Crippen molar-refractivity contribution in [3.05, 3.63) is 11.6 Å². The van der Waals surface area contributed by atoms with Gasteiger partial charge in [0.2, 0.25) is 0 Å². The molecule has 5 heteroatoms. The minimum atomic E-state index is -0.935. The number of ether oxygens (including phenoxy) is 1. The lowest BCUT2D eigenvalue weighted by molar-refractivity contribution is -0.187. The van der Waals surface area contributed by atoms with Crippen LogP contribution < -0.4 is 0 Å². The maximum atomic E-state index is 11.3. The van der Waals surface area contributed by atoms with E-state index >= 15 is 0 Å². The van der Waals surface area contributed by atoms with Crippen LogP contribution in [0.25, 0.3) is 0 Å². The molecule has 0 radical (unpaired) electrons. The average Bonchev–Trinajstić information content (AvgIpc) is 2.98. The van der Waals surface area contributed by atoms with Gasteiger partial charge >= 0.3 is 5.97 Å². The van der Waals surface area contributed by atoms with E-state index in [-0.39, 0.29) is 41.8 Å². The standard InChI is InChI=1S/C22H34O5/c1-14(24)27-13-22(26)9-8-21-11-16(22)10-15(21)4-5-17-19(2,12-23)18(25)6-7-20(17,21)3/h4,16-18,23,25-26H,5-13H2,1-3H3. The molecule has 7 unspecified atom stereocenters. The van der Waals surface area contributed by atoms with Crippen LogP contribution in [0.4, 0.5) is 0 Å². The van der Waals surface area contributed by atoms with Crippen molar-refractivity contribution in [3.8, 4) is 0 Å². The molecule has 0 aromatic carbocycles. The van der Waals surface area contributed by atoms with Gasteiger partial charge in [-0.2, -0.15) is 0 Å². The third kappa shape index (κ3) is 2.44. The summed E-state index contributed by atoms with van der Waals surface area (Å²) >= 11 is 0. The predicted octanol–water partition coefficient (Wildman–Crippen LogP) is 2.58. The topological polar surface area (TPSA) is 87.0 Å². The summed E-state index contributed by atoms with van der Waals surface area (Å²) in [5, 5.41) is 32.1. The highest BCUT2D eigenvalue weighted by Gasteiger charge is 2.68. The summed E-state index contributed by atoms with van der Waals surface area (Å²) < 4.78 is 5.21. The largest absolute Gasteiger partial charge is 0.463 e. The summed E-state index contributed by atoms with van der Waals surface area (Å²) in [6.45, 7) is 5.89. The van der Waals surface area contributed by atoms with E-state index in [0.29, 0.717) is 6.42 Å². The summed E-state index contributed by atoms with van der Waals surface area (Å²) in [5.74, 6) is 0.00548. The third-order valence-electron chi connectivity index (χ3n) is 9.24. The van der Waals surface area contributed by atoms with Crippen LogP contribution in [-0.4, -0.2) is 46.2 Å². The fourth-order valence-corrected chi connectivity index (χ4v) is 7.42. The first-order valence-corrected chi connectivity index (χ1v) is 10.5. The van der Waals surface area contributed by atoms with Gasteiger partial charge in [0.25, 0.3) is 0 Å². The molecule has 7 atom stereocenters. The molecule has 2 bridgehead atoms. The molecule has 3 N–H and O–H groups in total. The number of esters is 1. The number of aliphatic hydroxyl groups excluding tert-OH is 2. The summed E-state index contributed by atoms with van der Waals surface area (Å²) in [5.41, 5.74) is 0.106. The van der Waals surface area contributed by atoms with Crippen molar-refractivity contribution in [2.45, 2.75) is 77.4 Å². The van der Waals surface area contributed by atoms with Crippen molar-refractivity contribution in [1.82, 2.24) is 0 Å². The van der Waals surface area contributed by atoms with Gasteiger partial charge in [0.15, 0.2) is 0 Å². The van der Waals surface area contributed by atoms with E-state index in [1.165, 1.54) is 12.5 Å². The van der Waals surface area contributed by atoms with E-state index in [9.17, 15) is 20.1 Å². The second-order valence-corrected chi connectivity index (χ2v) is 10.2. The Balaban J connectivity index is 1.68. The molecular formula is C22H34O5. The number of hydrogen-bond donors (Lipinski definition) is 3. The molecule has 27 heavy (non-hydrogen) atoms. The zero-order chi connectivity index (χ0) is 19.7. The van der Waals surface area contributed by atoms with E-state index in [1.54, 1.807) is 0 Å². The van der Waals surface area contributed by atoms with Crippen molar-refractivity contribution < 1.29 is 24.9 Å². The zero-order valence-corrected chi connectivity index (χ0v) is 16.8. The first kappa shape index (κ1) is 19.4. The highest BCUT2D eigenvalue weighted by atomic mass is 16.5. The Morgan fingerprint density at radius 3 is 2.70 bits per heavy atom. The smallest absolute Gasteiger partial charge is 0.302 e. The zero-order valence-electron chi connectivity index (χ0n) is 16.8. The molecule has 0 amide bonds. The van der Waals surface area contributed by atoms with Crippen LogP contribution in [0.1, 0.15) is 65.7 Å². The second kappa shape index (κ2) is 6.04. The van der Waals surface area contributed by atoms with Crippen molar-refractivity contribution in [2.75, 3.05) is 13.2 Å². The maximum Gasteiger partial charge on any atom is 0.302 e. The van der Waals surface area contributed by atoms with Gasteiger partial charge in [-0.25, -0.2) is 0 Å². The number of fused-ring (bicyclic) bond motifs is 2. The molecule has 0 aliphatic heterocycles. The van der Waals surface area contributed by atoms with Gasteiger partial charge in [0.1, 0.15) is 12.2 Å². The van der Waals surface area contributed by atoms with Gasteiger partial charge in [-0.15, -0.1) is 0 Å². The molecule has 0 aromatic rings. The predicted molar refractivity (Wildman–Crippen MR) is 101 cm³/mol. The van der Waals surface area contributed by atoms with Gasteiger partial charge in [0.05, 0.1) is 12.7 Å². The monoisotopic (exact) mass is 378 g/mol. The van der Waals surface area contributed by atoms with Crippen molar-refractivity contribution in [1.29, 1.82) is 0 Å². The molecule has 0 heterocycles. The Bertz CT molecular complexity index is 674. The maximum absolute atomic E-state index is 11.3. The van der Waals surface area contributed by atoms with Crippen LogP contribution in [0, 0.1) is 28.1 Å². The first-order valence-electron chi connectivity index (χ1n) is 10.5. The Labute approximate surface area is 161 Å². The van der Waals surface area contributed by atoms with Crippen molar-refractivity contribution >= 4 is 5.97 Å². The van der Waals surface area contributed by atoms with Crippen molar-refractivity contribution in [3.63, 3.8) is 0 Å². The van der Waals surface area contributed by atoms with Crippen LogP contribution in [-0.2, 0) is 9.53 Å². The third-order valence-corrected chi connectivity index (χ3v) is 9.24. The highest BCUT2D eigenvalue weighted by Crippen LogP contribution is 2.73. The molecule has 5 nitrogen and oxygen atoms in total. The summed E-state index contributed by atoms with van der Waals surface area (Å²) in [7, 11) is 0. The number of rotatable bonds is 3. The van der Waals surface area contributed by atoms with E-state index in [1.807, 2.05) is 6.92 Å². The lowest BCUT2D eigenvalue weighted by Crippen LogP contribution is -2.61. The number of allylic oxidation sites excluding steroid dienone is 2. The van der Waals surface area contributed by atoms with Gasteiger partial charge in [-0.05, 0) is 67.6 Å². The number of carbonyl (C=O) groups is 1. The van der Waals surface area contributed by atoms with Crippen LogP contribution in [0.3, 0.4) is 0 Å². The Hall–Kier alpha value is -0.910. The normalized spacial score (nSPS) is 51.2. The Kier molecular flexibility index (Phi) is 4.34. The molecule has 3 saturated carbocycles. The van der Waals surface area contributed by atoms with Gasteiger partial charge in [-0.1, -0.05) is 25.5 Å². The molecule has 0 saturated heterocycles. The Morgan fingerprint density at radius 1 is 1.30 bits per heavy atom. The number of carbonyl (C=O) groups excluding carboxylic acids is 1. The second-order valence-electron chi connectivity index (χ2n) is 10.2. The molecule has 4 aliphatic rings. The minimum Gasteiger partial charge on any atom is -0.463 e. The molecule has 3 fully saturated rings. The van der Waals surface area contributed by atoms with Gasteiger partial charge < -0.3 is 20.1 Å². The SMILES string of the molecule is CC(=O)OCC1(O)CCC23CC1CC2=CCC1C(C)(CO)C(O)CCC13C. The fraction of sp³-hybridized carbons (Fsp3) is 0.864. The van der Waals surface area contributed by atoms with Crippen LogP contribution in [0.5, 0.6) is 0 Å². The van der Waals surface area contributed by atoms with E-state index in [2.05, 4.69) is 13.0 Å². The first-order chi connectivity index (χ1) is 12.6. The van der Waals surface area contributed by atoms with Crippen LogP contribution in [0.2, 0.25) is 0 Å². The molecule has 152 valence electrons. The van der Waals surface area contributed by atoms with Crippen LogP contribution >= 0.6 is 0 Å². The average molecular weight is 379 g/mol. The molecule has 4 aliphatic carbocycles. The van der Waals surface area contributed by atoms with Gasteiger partial charge in [-0.3, -0.25) is 4.79 Å². The molecule has 4 rings (SSSR count). The number of hydrogen-bond acceptors (Lipinski definition) is 5. The molecule has 0 aromatic heterocycles. The van der Waals surface area contributed by atoms with E-state index in [0.717, 1.165) is 38.5 Å². The molecular weight excluding hydrogens is 344 g/mol.